The molecule has 134 valence electrons. The summed E-state index contributed by atoms with van der Waals surface area (Å²) in [5, 5.41) is 14.9. The summed E-state index contributed by atoms with van der Waals surface area (Å²) in [6, 6.07) is 4.98. The van der Waals surface area contributed by atoms with Crippen molar-refractivity contribution >= 4 is 17.7 Å². The first-order chi connectivity index (χ1) is 12.0. The molecule has 0 bridgehead atoms. The standard InChI is InChI=1S/C17H22N4O4/c18-6-12(22)8-19-7-10-2-1-3-11-9-21(17(25)15(10)11)13-4-5-14(23)20-16(13)24/h1-3,12-13,19,22H,4-9,18H2,(H,20,23,24)/t12-,13?/m1/s1. The molecule has 3 amide bonds. The maximum atomic E-state index is 12.9. The Morgan fingerprint density at radius 2 is 2.16 bits per heavy atom. The topological polar surface area (TPSA) is 125 Å². The van der Waals surface area contributed by atoms with Crippen molar-refractivity contribution in [3.8, 4) is 0 Å². The number of carbonyl (C=O) groups is 3. The summed E-state index contributed by atoms with van der Waals surface area (Å²) in [4.78, 5) is 37.8. The molecule has 2 heterocycles. The molecule has 1 saturated heterocycles. The molecule has 5 N–H and O–H groups in total. The first-order valence-corrected chi connectivity index (χ1v) is 8.35. The summed E-state index contributed by atoms with van der Waals surface area (Å²) in [7, 11) is 0. The van der Waals surface area contributed by atoms with Gasteiger partial charge in [-0.15, -0.1) is 0 Å². The number of carbonyl (C=O) groups excluding carboxylic acids is 3. The second kappa shape index (κ2) is 7.30. The van der Waals surface area contributed by atoms with E-state index >= 15 is 0 Å². The molecule has 0 aromatic heterocycles. The van der Waals surface area contributed by atoms with Crippen molar-refractivity contribution in [2.24, 2.45) is 5.73 Å². The van der Waals surface area contributed by atoms with Gasteiger partial charge in [-0.2, -0.15) is 0 Å². The number of hydrogen-bond donors (Lipinski definition) is 4. The molecule has 8 nitrogen and oxygen atoms in total. The van der Waals surface area contributed by atoms with Crippen molar-refractivity contribution in [1.29, 1.82) is 0 Å². The number of imide groups is 1. The van der Waals surface area contributed by atoms with Crippen LogP contribution in [0.1, 0.15) is 34.3 Å². The van der Waals surface area contributed by atoms with Crippen LogP contribution in [0.15, 0.2) is 18.2 Å². The van der Waals surface area contributed by atoms with Crippen molar-refractivity contribution in [2.75, 3.05) is 13.1 Å². The predicted octanol–water partition coefficient (Wildman–Crippen LogP) is -1.14. The minimum absolute atomic E-state index is 0.169. The minimum atomic E-state index is -0.632. The Labute approximate surface area is 145 Å². The number of rotatable bonds is 6. The van der Waals surface area contributed by atoms with E-state index < -0.39 is 18.1 Å². The number of benzene rings is 1. The SMILES string of the molecule is NC[C@@H](O)CNCc1cccc2c1C(=O)N(C1CCC(=O)NC1=O)C2. The molecule has 3 rings (SSSR count). The van der Waals surface area contributed by atoms with Crippen LogP contribution in [0.2, 0.25) is 0 Å². The summed E-state index contributed by atoms with van der Waals surface area (Å²) in [5.74, 6) is -0.904. The summed E-state index contributed by atoms with van der Waals surface area (Å²) < 4.78 is 0. The summed E-state index contributed by atoms with van der Waals surface area (Å²) in [6.45, 7) is 1.29. The van der Waals surface area contributed by atoms with Gasteiger partial charge < -0.3 is 21.1 Å². The maximum Gasteiger partial charge on any atom is 0.255 e. The monoisotopic (exact) mass is 346 g/mol. The normalized spacial score (nSPS) is 21.3. The highest BCUT2D eigenvalue weighted by molar-refractivity contribution is 6.05. The third-order valence-corrected chi connectivity index (χ3v) is 4.61. The van der Waals surface area contributed by atoms with E-state index in [1.165, 1.54) is 4.90 Å². The van der Waals surface area contributed by atoms with E-state index in [4.69, 9.17) is 5.73 Å². The fraction of sp³-hybridized carbons (Fsp3) is 0.471. The van der Waals surface area contributed by atoms with Crippen molar-refractivity contribution in [2.45, 2.75) is 38.1 Å². The fourth-order valence-electron chi connectivity index (χ4n) is 3.29. The van der Waals surface area contributed by atoms with Gasteiger partial charge in [0.1, 0.15) is 6.04 Å². The van der Waals surface area contributed by atoms with E-state index in [9.17, 15) is 19.5 Å². The van der Waals surface area contributed by atoms with Gasteiger partial charge in [0.05, 0.1) is 6.10 Å². The van der Waals surface area contributed by atoms with E-state index in [0.29, 0.717) is 31.6 Å². The number of aliphatic hydroxyl groups excluding tert-OH is 1. The maximum absolute atomic E-state index is 12.9. The van der Waals surface area contributed by atoms with Crippen LogP contribution in [0.25, 0.3) is 0 Å². The first kappa shape index (κ1) is 17.5. The van der Waals surface area contributed by atoms with E-state index in [2.05, 4.69) is 10.6 Å². The van der Waals surface area contributed by atoms with Crippen LogP contribution in [-0.4, -0.2) is 53.0 Å². The Kier molecular flexibility index (Phi) is 5.12. The minimum Gasteiger partial charge on any atom is -0.390 e. The zero-order valence-electron chi connectivity index (χ0n) is 13.8. The molecule has 1 fully saturated rings. The number of amides is 3. The lowest BCUT2D eigenvalue weighted by Gasteiger charge is -2.29. The molecule has 0 radical (unpaired) electrons. The molecule has 25 heavy (non-hydrogen) atoms. The number of hydrogen-bond acceptors (Lipinski definition) is 6. The second-order valence-electron chi connectivity index (χ2n) is 6.37. The average molecular weight is 346 g/mol. The number of aliphatic hydroxyl groups is 1. The Bertz CT molecular complexity index is 706. The molecule has 0 spiro atoms. The summed E-state index contributed by atoms with van der Waals surface area (Å²) in [6.07, 6.45) is -0.0461. The first-order valence-electron chi connectivity index (χ1n) is 8.35. The Balaban J connectivity index is 1.74. The lowest BCUT2D eigenvalue weighted by Crippen LogP contribution is -2.52. The molecule has 2 aliphatic rings. The zero-order valence-corrected chi connectivity index (χ0v) is 13.8. The van der Waals surface area contributed by atoms with E-state index in [-0.39, 0.29) is 24.8 Å². The molecular formula is C17H22N4O4. The number of nitrogens with one attached hydrogen (secondary N) is 2. The van der Waals surface area contributed by atoms with Gasteiger partial charge in [-0.3, -0.25) is 19.7 Å². The van der Waals surface area contributed by atoms with Gasteiger partial charge in [0.2, 0.25) is 11.8 Å². The Morgan fingerprint density at radius 1 is 1.36 bits per heavy atom. The van der Waals surface area contributed by atoms with Gasteiger partial charge in [0.15, 0.2) is 0 Å². The van der Waals surface area contributed by atoms with E-state index in [1.807, 2.05) is 18.2 Å². The molecule has 0 saturated carbocycles. The van der Waals surface area contributed by atoms with Crippen LogP contribution in [0.4, 0.5) is 0 Å². The average Bonchev–Trinajstić information content (AvgIpc) is 2.92. The number of piperidine rings is 1. The number of nitrogens with two attached hydrogens (primary N) is 1. The van der Waals surface area contributed by atoms with Gasteiger partial charge in [-0.05, 0) is 17.5 Å². The van der Waals surface area contributed by atoms with Crippen molar-refractivity contribution in [1.82, 2.24) is 15.5 Å². The van der Waals surface area contributed by atoms with Crippen molar-refractivity contribution < 1.29 is 19.5 Å². The van der Waals surface area contributed by atoms with E-state index in [1.54, 1.807) is 0 Å². The molecule has 2 aliphatic heterocycles. The molecule has 1 aromatic carbocycles. The van der Waals surface area contributed by atoms with Crippen molar-refractivity contribution in [3.05, 3.63) is 34.9 Å². The van der Waals surface area contributed by atoms with Crippen LogP contribution in [0.3, 0.4) is 0 Å². The van der Waals surface area contributed by atoms with Gasteiger partial charge in [-0.1, -0.05) is 18.2 Å². The molecule has 8 heteroatoms. The third kappa shape index (κ3) is 3.55. The molecule has 1 aromatic rings. The second-order valence-corrected chi connectivity index (χ2v) is 6.37. The summed E-state index contributed by atoms with van der Waals surface area (Å²) in [5.41, 5.74) is 7.66. The molecule has 1 unspecified atom stereocenters. The smallest absolute Gasteiger partial charge is 0.255 e. The van der Waals surface area contributed by atoms with Crippen LogP contribution in [-0.2, 0) is 22.7 Å². The summed E-state index contributed by atoms with van der Waals surface area (Å²) >= 11 is 0. The lowest BCUT2D eigenvalue weighted by molar-refractivity contribution is -0.136. The Morgan fingerprint density at radius 3 is 2.88 bits per heavy atom. The van der Waals surface area contributed by atoms with Gasteiger partial charge in [-0.25, -0.2) is 0 Å². The van der Waals surface area contributed by atoms with Gasteiger partial charge >= 0.3 is 0 Å². The fourth-order valence-corrected chi connectivity index (χ4v) is 3.29. The predicted molar refractivity (Wildman–Crippen MR) is 89.3 cm³/mol. The van der Waals surface area contributed by atoms with Gasteiger partial charge in [0.25, 0.3) is 5.91 Å². The van der Waals surface area contributed by atoms with Crippen LogP contribution < -0.4 is 16.4 Å². The highest BCUT2D eigenvalue weighted by Crippen LogP contribution is 2.29. The van der Waals surface area contributed by atoms with Crippen molar-refractivity contribution in [3.63, 3.8) is 0 Å². The number of nitrogens with zero attached hydrogens (tertiary/aromatic N) is 1. The number of fused-ring (bicyclic) bond motifs is 1. The molecule has 2 atom stereocenters. The Hall–Kier alpha value is -2.29. The highest BCUT2D eigenvalue weighted by Gasteiger charge is 2.39. The highest BCUT2D eigenvalue weighted by atomic mass is 16.3. The third-order valence-electron chi connectivity index (χ3n) is 4.61. The van der Waals surface area contributed by atoms with Crippen LogP contribution in [0.5, 0.6) is 0 Å². The molecule has 0 aliphatic carbocycles. The van der Waals surface area contributed by atoms with Crippen LogP contribution in [0, 0.1) is 0 Å². The van der Waals surface area contributed by atoms with Gasteiger partial charge in [0, 0.05) is 38.2 Å². The largest absolute Gasteiger partial charge is 0.390 e. The lowest BCUT2D eigenvalue weighted by atomic mass is 10.0. The van der Waals surface area contributed by atoms with Crippen LogP contribution >= 0.6 is 0 Å². The quantitative estimate of drug-likeness (QED) is 0.483. The zero-order chi connectivity index (χ0) is 18.0. The molecular weight excluding hydrogens is 324 g/mol. The van der Waals surface area contributed by atoms with E-state index in [0.717, 1.165) is 11.1 Å².